The van der Waals surface area contributed by atoms with Gasteiger partial charge in [0, 0.05) is 27.5 Å². The number of nitrogens with zero attached hydrogens (tertiary/aromatic N) is 2. The molecule has 12 rings (SSSR count). The normalized spacial score (nSPS) is 15.7. The largest absolute Gasteiger partial charge is 0.228 e. The molecule has 0 spiro atoms. The number of hydrogen-bond acceptors (Lipinski definition) is 2. The second-order valence-corrected chi connectivity index (χ2v) is 17.4. The standard InChI is InChI=1S/C59H42N2/c1-58(2)52-34-39-20-11-10-19-38(39)33-50(52)48-27-16-26-47(56(48)58)44-31-32-49(43-24-13-12-23-42(43)44)57-60-54(37-17-6-4-7-18-37)36-55(61-57)40-29-30-46-45-25-14-15-28-51(45)59(3,53(46)35-40)41-21-8-5-9-22-41/h4-36H,1-3H3. The Bertz CT molecular complexity index is 3400. The molecule has 0 N–H and O–H groups in total. The van der Waals surface area contributed by atoms with E-state index in [0.29, 0.717) is 5.82 Å². The lowest BCUT2D eigenvalue weighted by Gasteiger charge is -2.28. The summed E-state index contributed by atoms with van der Waals surface area (Å²) in [7, 11) is 0. The van der Waals surface area contributed by atoms with E-state index in [-0.39, 0.29) is 10.8 Å². The van der Waals surface area contributed by atoms with Gasteiger partial charge in [-0.3, -0.25) is 0 Å². The van der Waals surface area contributed by atoms with Crippen molar-refractivity contribution in [1.82, 2.24) is 9.97 Å². The molecule has 0 bridgehead atoms. The van der Waals surface area contributed by atoms with Gasteiger partial charge in [-0.1, -0.05) is 184 Å². The van der Waals surface area contributed by atoms with Crippen LogP contribution in [0.15, 0.2) is 200 Å². The summed E-state index contributed by atoms with van der Waals surface area (Å²) in [6, 6.07) is 73.1. The number of fused-ring (bicyclic) bond motifs is 8. The third kappa shape index (κ3) is 5.28. The summed E-state index contributed by atoms with van der Waals surface area (Å²) in [5.74, 6) is 0.714. The second-order valence-electron chi connectivity index (χ2n) is 17.4. The van der Waals surface area contributed by atoms with Gasteiger partial charge in [0.05, 0.1) is 11.4 Å². The monoisotopic (exact) mass is 778 g/mol. The van der Waals surface area contributed by atoms with Crippen LogP contribution in [0.5, 0.6) is 0 Å². The summed E-state index contributed by atoms with van der Waals surface area (Å²) in [5.41, 5.74) is 18.8. The van der Waals surface area contributed by atoms with Gasteiger partial charge >= 0.3 is 0 Å². The van der Waals surface area contributed by atoms with E-state index in [1.807, 2.05) is 0 Å². The molecular formula is C59H42N2. The molecule has 0 amide bonds. The third-order valence-electron chi connectivity index (χ3n) is 13.8. The van der Waals surface area contributed by atoms with Gasteiger partial charge in [-0.15, -0.1) is 0 Å². The van der Waals surface area contributed by atoms with Gasteiger partial charge in [-0.2, -0.15) is 0 Å². The van der Waals surface area contributed by atoms with Crippen molar-refractivity contribution in [1.29, 1.82) is 0 Å². The lowest BCUT2D eigenvalue weighted by atomic mass is 9.74. The van der Waals surface area contributed by atoms with Crippen LogP contribution in [0, 0.1) is 0 Å². The van der Waals surface area contributed by atoms with Gasteiger partial charge in [0.1, 0.15) is 0 Å². The second kappa shape index (κ2) is 13.3. The highest BCUT2D eigenvalue weighted by atomic mass is 14.9. The van der Waals surface area contributed by atoms with Crippen LogP contribution in [0.1, 0.15) is 48.6 Å². The molecular weight excluding hydrogens is 737 g/mol. The van der Waals surface area contributed by atoms with E-state index >= 15 is 0 Å². The van der Waals surface area contributed by atoms with E-state index in [4.69, 9.17) is 9.97 Å². The Morgan fingerprint density at radius 1 is 0.344 bits per heavy atom. The fraction of sp³-hybridized carbons (Fsp3) is 0.0847. The zero-order valence-corrected chi connectivity index (χ0v) is 34.4. The van der Waals surface area contributed by atoms with Crippen molar-refractivity contribution in [3.63, 3.8) is 0 Å². The van der Waals surface area contributed by atoms with E-state index < -0.39 is 0 Å². The van der Waals surface area contributed by atoms with Crippen molar-refractivity contribution in [2.24, 2.45) is 0 Å². The van der Waals surface area contributed by atoms with Crippen molar-refractivity contribution in [2.45, 2.75) is 31.6 Å². The first-order chi connectivity index (χ1) is 29.9. The molecule has 0 aliphatic heterocycles. The third-order valence-corrected chi connectivity index (χ3v) is 13.8. The molecule has 1 aromatic heterocycles. The van der Waals surface area contributed by atoms with Crippen LogP contribution < -0.4 is 0 Å². The highest BCUT2D eigenvalue weighted by Gasteiger charge is 2.41. The summed E-state index contributed by atoms with van der Waals surface area (Å²) in [6.07, 6.45) is 0. The molecule has 1 atom stereocenters. The molecule has 61 heavy (non-hydrogen) atoms. The minimum atomic E-state index is -0.311. The van der Waals surface area contributed by atoms with E-state index in [9.17, 15) is 0 Å². The quantitative estimate of drug-likeness (QED) is 0.174. The van der Waals surface area contributed by atoms with Crippen LogP contribution in [0.3, 0.4) is 0 Å². The first kappa shape index (κ1) is 35.5. The first-order valence-electron chi connectivity index (χ1n) is 21.3. The van der Waals surface area contributed by atoms with Crippen molar-refractivity contribution in [3.8, 4) is 67.3 Å². The summed E-state index contributed by atoms with van der Waals surface area (Å²) in [6.45, 7) is 7.14. The van der Waals surface area contributed by atoms with Gasteiger partial charge in [-0.05, 0) is 120 Å². The first-order valence-corrected chi connectivity index (χ1v) is 21.3. The van der Waals surface area contributed by atoms with E-state index in [0.717, 1.165) is 33.5 Å². The Kier molecular flexibility index (Phi) is 7.74. The fourth-order valence-corrected chi connectivity index (χ4v) is 10.7. The van der Waals surface area contributed by atoms with Gasteiger partial charge in [0.25, 0.3) is 0 Å². The Balaban J connectivity index is 1.04. The molecule has 2 heteroatoms. The lowest BCUT2D eigenvalue weighted by molar-refractivity contribution is 0.663. The average molecular weight is 779 g/mol. The molecule has 9 aromatic carbocycles. The van der Waals surface area contributed by atoms with Crippen LogP contribution in [0.25, 0.3) is 88.8 Å². The molecule has 0 saturated carbocycles. The molecule has 0 radical (unpaired) electrons. The van der Waals surface area contributed by atoms with Crippen molar-refractivity contribution >= 4 is 21.5 Å². The number of rotatable bonds is 5. The Morgan fingerprint density at radius 2 is 0.902 bits per heavy atom. The van der Waals surface area contributed by atoms with Gasteiger partial charge < -0.3 is 0 Å². The summed E-state index contributed by atoms with van der Waals surface area (Å²) in [4.78, 5) is 10.8. The van der Waals surface area contributed by atoms with Gasteiger partial charge in [-0.25, -0.2) is 9.97 Å². The highest BCUT2D eigenvalue weighted by molar-refractivity contribution is 6.06. The van der Waals surface area contributed by atoms with Crippen molar-refractivity contribution in [3.05, 3.63) is 228 Å². The molecule has 2 nitrogen and oxygen atoms in total. The smallest absolute Gasteiger partial charge is 0.161 e. The van der Waals surface area contributed by atoms with Crippen molar-refractivity contribution in [2.75, 3.05) is 0 Å². The van der Waals surface area contributed by atoms with Crippen LogP contribution in [0.4, 0.5) is 0 Å². The number of benzene rings is 9. The molecule has 1 heterocycles. The van der Waals surface area contributed by atoms with Crippen LogP contribution in [0.2, 0.25) is 0 Å². The van der Waals surface area contributed by atoms with Gasteiger partial charge in [0.15, 0.2) is 5.82 Å². The Morgan fingerprint density at radius 3 is 1.67 bits per heavy atom. The molecule has 1 unspecified atom stereocenters. The van der Waals surface area contributed by atoms with Crippen molar-refractivity contribution < 1.29 is 0 Å². The topological polar surface area (TPSA) is 25.8 Å². The minimum absolute atomic E-state index is 0.180. The average Bonchev–Trinajstić information content (AvgIpc) is 3.71. The summed E-state index contributed by atoms with van der Waals surface area (Å²) < 4.78 is 0. The number of aromatic nitrogens is 2. The van der Waals surface area contributed by atoms with Crippen LogP contribution in [-0.2, 0) is 10.8 Å². The molecule has 0 saturated heterocycles. The predicted octanol–water partition coefficient (Wildman–Crippen LogP) is 15.1. The maximum absolute atomic E-state index is 5.47. The minimum Gasteiger partial charge on any atom is -0.228 e. The van der Waals surface area contributed by atoms with Crippen LogP contribution in [-0.4, -0.2) is 9.97 Å². The molecule has 288 valence electrons. The van der Waals surface area contributed by atoms with E-state index in [1.54, 1.807) is 0 Å². The maximum atomic E-state index is 5.47. The SMILES string of the molecule is CC1(C)c2cc3ccccc3cc2-c2cccc(-c3ccc(-c4nc(-c5ccccc5)cc(-c5ccc6c(c5)C(C)(c5ccccc5)c5ccccc5-6)n4)c4ccccc34)c21. The fourth-order valence-electron chi connectivity index (χ4n) is 10.7. The lowest BCUT2D eigenvalue weighted by Crippen LogP contribution is -2.22. The van der Waals surface area contributed by atoms with Crippen LogP contribution >= 0.6 is 0 Å². The van der Waals surface area contributed by atoms with E-state index in [1.165, 1.54) is 77.4 Å². The maximum Gasteiger partial charge on any atom is 0.161 e. The zero-order valence-electron chi connectivity index (χ0n) is 34.4. The molecule has 10 aromatic rings. The zero-order chi connectivity index (χ0) is 40.9. The van der Waals surface area contributed by atoms with E-state index in [2.05, 4.69) is 221 Å². The highest BCUT2D eigenvalue weighted by Crippen LogP contribution is 2.55. The molecule has 2 aliphatic carbocycles. The Labute approximate surface area is 356 Å². The summed E-state index contributed by atoms with van der Waals surface area (Å²) in [5, 5.41) is 4.88. The Hall–Kier alpha value is -7.42. The van der Waals surface area contributed by atoms with Gasteiger partial charge in [0.2, 0.25) is 0 Å². The molecule has 2 aliphatic rings. The molecule has 0 fully saturated rings. The predicted molar refractivity (Wildman–Crippen MR) is 254 cm³/mol. The number of hydrogen-bond donors (Lipinski definition) is 0. The summed E-state index contributed by atoms with van der Waals surface area (Å²) >= 11 is 0.